The van der Waals surface area contributed by atoms with Gasteiger partial charge in [0.25, 0.3) is 0 Å². The molecule has 0 spiro atoms. The van der Waals surface area contributed by atoms with Crippen LogP contribution >= 0.6 is 11.6 Å². The zero-order valence-corrected chi connectivity index (χ0v) is 9.81. The smallest absolute Gasteiger partial charge is 0.310 e. The molecular weight excluding hydrogens is 235 g/mol. The van der Waals surface area contributed by atoms with Gasteiger partial charge in [-0.1, -0.05) is 0 Å². The van der Waals surface area contributed by atoms with Crippen molar-refractivity contribution < 1.29 is 18.7 Å². The number of alkyl halides is 1. The average molecular weight is 247 g/mol. The Hall–Kier alpha value is -1.29. The molecule has 0 aliphatic carbocycles. The minimum Gasteiger partial charge on any atom is -0.496 e. The molecule has 1 rings (SSSR count). The van der Waals surface area contributed by atoms with E-state index in [1.807, 2.05) is 0 Å². The van der Waals surface area contributed by atoms with E-state index in [0.717, 1.165) is 0 Å². The van der Waals surface area contributed by atoms with Crippen LogP contribution in [0, 0.1) is 5.82 Å². The van der Waals surface area contributed by atoms with E-state index in [0.29, 0.717) is 16.9 Å². The zero-order valence-electron chi connectivity index (χ0n) is 9.05. The van der Waals surface area contributed by atoms with Crippen molar-refractivity contribution in [2.24, 2.45) is 0 Å². The van der Waals surface area contributed by atoms with E-state index < -0.39 is 11.8 Å². The lowest BCUT2D eigenvalue weighted by molar-refractivity contribution is -0.139. The van der Waals surface area contributed by atoms with Gasteiger partial charge in [-0.05, 0) is 11.6 Å². The van der Waals surface area contributed by atoms with Gasteiger partial charge in [0, 0.05) is 17.5 Å². The van der Waals surface area contributed by atoms with Gasteiger partial charge in [-0.2, -0.15) is 0 Å². The number of ether oxygens (including phenoxy) is 2. The maximum atomic E-state index is 13.1. The third-order valence-electron chi connectivity index (χ3n) is 2.18. The Morgan fingerprint density at radius 1 is 1.44 bits per heavy atom. The molecule has 0 unspecified atom stereocenters. The summed E-state index contributed by atoms with van der Waals surface area (Å²) in [5.41, 5.74) is 1.09. The highest BCUT2D eigenvalue weighted by molar-refractivity contribution is 6.17. The maximum absolute atomic E-state index is 13.1. The molecule has 88 valence electrons. The SMILES string of the molecule is COC(=O)Cc1c(CCl)cc(F)cc1OC. The summed E-state index contributed by atoms with van der Waals surface area (Å²) in [6.07, 6.45) is 0.0159. The largest absolute Gasteiger partial charge is 0.496 e. The van der Waals surface area contributed by atoms with Crippen molar-refractivity contribution in [2.45, 2.75) is 12.3 Å². The molecule has 16 heavy (non-hydrogen) atoms. The molecule has 0 aliphatic heterocycles. The fourth-order valence-electron chi connectivity index (χ4n) is 1.38. The zero-order chi connectivity index (χ0) is 12.1. The van der Waals surface area contributed by atoms with Crippen LogP contribution < -0.4 is 4.74 Å². The summed E-state index contributed by atoms with van der Waals surface area (Å²) >= 11 is 5.69. The molecule has 0 aliphatic rings. The van der Waals surface area contributed by atoms with Crippen LogP contribution in [0.25, 0.3) is 0 Å². The third kappa shape index (κ3) is 2.85. The summed E-state index contributed by atoms with van der Waals surface area (Å²) in [4.78, 5) is 11.2. The minimum absolute atomic E-state index is 0.0159. The number of methoxy groups -OCH3 is 2. The predicted octanol–water partition coefficient (Wildman–Crippen LogP) is 2.29. The molecule has 0 saturated carbocycles. The van der Waals surface area contributed by atoms with E-state index in [9.17, 15) is 9.18 Å². The fourth-order valence-corrected chi connectivity index (χ4v) is 1.62. The van der Waals surface area contributed by atoms with E-state index in [4.69, 9.17) is 16.3 Å². The molecule has 0 bridgehead atoms. The number of hydrogen-bond donors (Lipinski definition) is 0. The summed E-state index contributed by atoms with van der Waals surface area (Å²) in [5, 5.41) is 0. The Labute approximate surface area is 98.1 Å². The normalized spacial score (nSPS) is 10.0. The van der Waals surface area contributed by atoms with E-state index in [-0.39, 0.29) is 12.3 Å². The Kier molecular flexibility index (Phi) is 4.55. The lowest BCUT2D eigenvalue weighted by Crippen LogP contribution is -2.08. The van der Waals surface area contributed by atoms with Crippen molar-refractivity contribution in [1.82, 2.24) is 0 Å². The quantitative estimate of drug-likeness (QED) is 0.604. The van der Waals surface area contributed by atoms with Crippen molar-refractivity contribution in [3.05, 3.63) is 29.1 Å². The van der Waals surface area contributed by atoms with Crippen molar-refractivity contribution in [3.63, 3.8) is 0 Å². The lowest BCUT2D eigenvalue weighted by atomic mass is 10.0. The van der Waals surface area contributed by atoms with Crippen LogP contribution in [0.15, 0.2) is 12.1 Å². The maximum Gasteiger partial charge on any atom is 0.310 e. The first-order chi connectivity index (χ1) is 7.62. The van der Waals surface area contributed by atoms with E-state index in [1.165, 1.54) is 26.4 Å². The van der Waals surface area contributed by atoms with Gasteiger partial charge in [-0.15, -0.1) is 11.6 Å². The molecule has 3 nitrogen and oxygen atoms in total. The standard InChI is InChI=1S/C11H12ClFO3/c1-15-10-4-8(13)3-7(6-12)9(10)5-11(14)16-2/h3-4H,5-6H2,1-2H3. The van der Waals surface area contributed by atoms with Gasteiger partial charge in [-0.3, -0.25) is 4.79 Å². The Bertz CT molecular complexity index is 368. The van der Waals surface area contributed by atoms with E-state index in [1.54, 1.807) is 0 Å². The molecule has 1 aromatic rings. The first-order valence-electron chi connectivity index (χ1n) is 4.60. The van der Waals surface area contributed by atoms with Crippen LogP contribution in [0.3, 0.4) is 0 Å². The number of hydrogen-bond acceptors (Lipinski definition) is 3. The molecule has 0 aromatic heterocycles. The van der Waals surface area contributed by atoms with Crippen molar-refractivity contribution in [3.8, 4) is 5.75 Å². The summed E-state index contributed by atoms with van der Waals surface area (Å²) in [5.74, 6) is -0.445. The average Bonchev–Trinajstić information content (AvgIpc) is 2.30. The van der Waals surface area contributed by atoms with Gasteiger partial charge in [0.05, 0.1) is 20.6 Å². The number of carbonyl (C=O) groups excluding carboxylic acids is 1. The van der Waals surface area contributed by atoms with Crippen LogP contribution in [0.2, 0.25) is 0 Å². The summed E-state index contributed by atoms with van der Waals surface area (Å²) in [6.45, 7) is 0. The number of halogens is 2. The van der Waals surface area contributed by atoms with Crippen LogP contribution in [0.1, 0.15) is 11.1 Å². The van der Waals surface area contributed by atoms with Gasteiger partial charge in [0.1, 0.15) is 11.6 Å². The molecule has 0 saturated heterocycles. The molecular formula is C11H12ClFO3. The first-order valence-corrected chi connectivity index (χ1v) is 5.13. The molecule has 0 amide bonds. The molecule has 0 N–H and O–H groups in total. The highest BCUT2D eigenvalue weighted by atomic mass is 35.5. The molecule has 0 fully saturated rings. The number of rotatable bonds is 4. The van der Waals surface area contributed by atoms with Crippen LogP contribution in [-0.2, 0) is 21.8 Å². The molecule has 1 aromatic carbocycles. The highest BCUT2D eigenvalue weighted by Crippen LogP contribution is 2.26. The monoisotopic (exact) mass is 246 g/mol. The van der Waals surface area contributed by atoms with Gasteiger partial charge in [0.2, 0.25) is 0 Å². The van der Waals surface area contributed by atoms with Gasteiger partial charge in [0.15, 0.2) is 0 Å². The molecule has 5 heteroatoms. The second-order valence-corrected chi connectivity index (χ2v) is 3.40. The Morgan fingerprint density at radius 2 is 2.12 bits per heavy atom. The number of benzene rings is 1. The van der Waals surface area contributed by atoms with Crippen LogP contribution in [0.5, 0.6) is 5.75 Å². The Morgan fingerprint density at radius 3 is 2.62 bits per heavy atom. The van der Waals surface area contributed by atoms with Gasteiger partial charge < -0.3 is 9.47 Å². The highest BCUT2D eigenvalue weighted by Gasteiger charge is 2.15. The lowest BCUT2D eigenvalue weighted by Gasteiger charge is -2.11. The van der Waals surface area contributed by atoms with Crippen LogP contribution in [-0.4, -0.2) is 20.2 Å². The summed E-state index contributed by atoms with van der Waals surface area (Å²) in [7, 11) is 2.70. The summed E-state index contributed by atoms with van der Waals surface area (Å²) in [6, 6.07) is 2.50. The molecule has 0 atom stereocenters. The second-order valence-electron chi connectivity index (χ2n) is 3.13. The van der Waals surface area contributed by atoms with Gasteiger partial charge in [-0.25, -0.2) is 4.39 Å². The minimum atomic E-state index is -0.443. The number of carbonyl (C=O) groups is 1. The van der Waals surface area contributed by atoms with Crippen molar-refractivity contribution >= 4 is 17.6 Å². The van der Waals surface area contributed by atoms with Crippen LogP contribution in [0.4, 0.5) is 4.39 Å². The molecule has 0 heterocycles. The summed E-state index contributed by atoms with van der Waals surface area (Å²) < 4.78 is 22.7. The van der Waals surface area contributed by atoms with E-state index in [2.05, 4.69) is 4.74 Å². The predicted molar refractivity (Wildman–Crippen MR) is 58.2 cm³/mol. The third-order valence-corrected chi connectivity index (χ3v) is 2.47. The van der Waals surface area contributed by atoms with Crippen molar-refractivity contribution in [1.29, 1.82) is 0 Å². The first kappa shape index (κ1) is 12.8. The van der Waals surface area contributed by atoms with Crippen molar-refractivity contribution in [2.75, 3.05) is 14.2 Å². The number of esters is 1. The van der Waals surface area contributed by atoms with E-state index >= 15 is 0 Å². The van der Waals surface area contributed by atoms with Gasteiger partial charge >= 0.3 is 5.97 Å². The molecule has 0 radical (unpaired) electrons. The Balaban J connectivity index is 3.16. The topological polar surface area (TPSA) is 35.5 Å². The fraction of sp³-hybridized carbons (Fsp3) is 0.364. The second kappa shape index (κ2) is 5.70.